The predicted octanol–water partition coefficient (Wildman–Crippen LogP) is 2.51. The molecule has 1 aliphatic rings. The van der Waals surface area contributed by atoms with Gasteiger partial charge in [-0.25, -0.2) is 9.97 Å². The third kappa shape index (κ3) is 2.38. The molecule has 6 heteroatoms. The smallest absolute Gasteiger partial charge is 0.141 e. The molecule has 0 amide bonds. The minimum atomic E-state index is 0.433. The third-order valence-corrected chi connectivity index (χ3v) is 4.94. The molecular weight excluding hydrogens is 300 g/mol. The lowest BCUT2D eigenvalue weighted by atomic mass is 10.0. The summed E-state index contributed by atoms with van der Waals surface area (Å²) in [5, 5.41) is 11.3. The van der Waals surface area contributed by atoms with E-state index in [1.165, 1.54) is 18.5 Å². The minimum absolute atomic E-state index is 0.433. The number of nitrogens with zero attached hydrogens (tertiary/aromatic N) is 5. The summed E-state index contributed by atoms with van der Waals surface area (Å²) in [5.74, 6) is 0. The van der Waals surface area contributed by atoms with E-state index in [0.29, 0.717) is 11.7 Å². The van der Waals surface area contributed by atoms with Crippen LogP contribution in [0.15, 0.2) is 24.5 Å². The van der Waals surface area contributed by atoms with Gasteiger partial charge in [0.05, 0.1) is 17.1 Å². The molecule has 3 aromatic rings. The van der Waals surface area contributed by atoms with Crippen LogP contribution in [-0.2, 0) is 0 Å². The molecule has 0 unspecified atom stereocenters. The van der Waals surface area contributed by atoms with Gasteiger partial charge < -0.3 is 14.8 Å². The van der Waals surface area contributed by atoms with Crippen molar-refractivity contribution in [2.75, 3.05) is 32.1 Å². The lowest BCUT2D eigenvalue weighted by molar-refractivity contribution is 0.258. The predicted molar refractivity (Wildman–Crippen MR) is 95.0 cm³/mol. The van der Waals surface area contributed by atoms with Crippen molar-refractivity contribution < 1.29 is 0 Å². The van der Waals surface area contributed by atoms with E-state index in [1.807, 2.05) is 12.3 Å². The molecule has 0 aromatic carbocycles. The van der Waals surface area contributed by atoms with E-state index < -0.39 is 0 Å². The SMILES string of the molecule is CN(C)[C@@H]1CCCN(c2ccnc3[nH]c4cnc(C#N)cc4c23)C1. The Morgan fingerprint density at radius 1 is 1.38 bits per heavy atom. The molecular formula is C18H20N6. The van der Waals surface area contributed by atoms with Gasteiger partial charge in [0.1, 0.15) is 17.4 Å². The van der Waals surface area contributed by atoms with Gasteiger partial charge in [-0.3, -0.25) is 0 Å². The third-order valence-electron chi connectivity index (χ3n) is 4.94. The van der Waals surface area contributed by atoms with Crippen molar-refractivity contribution in [3.63, 3.8) is 0 Å². The fourth-order valence-corrected chi connectivity index (χ4v) is 3.62. The zero-order valence-corrected chi connectivity index (χ0v) is 14.0. The number of likely N-dealkylation sites (N-methyl/N-ethyl adjacent to an activating group) is 1. The lowest BCUT2D eigenvalue weighted by Crippen LogP contribution is -2.45. The highest BCUT2D eigenvalue weighted by Crippen LogP contribution is 2.34. The van der Waals surface area contributed by atoms with Gasteiger partial charge in [-0.05, 0) is 39.1 Å². The van der Waals surface area contributed by atoms with Gasteiger partial charge in [0.15, 0.2) is 0 Å². The Kier molecular flexibility index (Phi) is 3.58. The van der Waals surface area contributed by atoms with E-state index in [0.717, 1.165) is 35.0 Å². The van der Waals surface area contributed by atoms with Crippen LogP contribution >= 0.6 is 0 Å². The fourth-order valence-electron chi connectivity index (χ4n) is 3.62. The Bertz CT molecular complexity index is 936. The first kappa shape index (κ1) is 14.9. The van der Waals surface area contributed by atoms with Crippen LogP contribution in [0.1, 0.15) is 18.5 Å². The first-order valence-corrected chi connectivity index (χ1v) is 8.25. The maximum Gasteiger partial charge on any atom is 0.141 e. The van der Waals surface area contributed by atoms with Crippen molar-refractivity contribution >= 4 is 27.6 Å². The second-order valence-electron chi connectivity index (χ2n) is 6.61. The average Bonchev–Trinajstić information content (AvgIpc) is 2.99. The topological polar surface area (TPSA) is 71.8 Å². The number of anilines is 1. The zero-order chi connectivity index (χ0) is 16.7. The van der Waals surface area contributed by atoms with Gasteiger partial charge in [0.2, 0.25) is 0 Å². The van der Waals surface area contributed by atoms with Gasteiger partial charge in [-0.1, -0.05) is 0 Å². The summed E-state index contributed by atoms with van der Waals surface area (Å²) >= 11 is 0. The molecule has 4 rings (SSSR count). The number of hydrogen-bond acceptors (Lipinski definition) is 5. The molecule has 0 bridgehead atoms. The van der Waals surface area contributed by atoms with E-state index in [1.54, 1.807) is 6.20 Å². The van der Waals surface area contributed by atoms with Crippen LogP contribution in [0.2, 0.25) is 0 Å². The van der Waals surface area contributed by atoms with Crippen LogP contribution in [0.3, 0.4) is 0 Å². The van der Waals surface area contributed by atoms with Gasteiger partial charge in [-0.2, -0.15) is 5.26 Å². The highest BCUT2D eigenvalue weighted by atomic mass is 15.2. The van der Waals surface area contributed by atoms with Crippen LogP contribution in [0, 0.1) is 11.3 Å². The Morgan fingerprint density at radius 3 is 3.04 bits per heavy atom. The summed E-state index contributed by atoms with van der Waals surface area (Å²) in [6, 6.07) is 6.63. The molecule has 0 spiro atoms. The fraction of sp³-hybridized carbons (Fsp3) is 0.389. The number of hydrogen-bond donors (Lipinski definition) is 1. The van der Waals surface area contributed by atoms with Gasteiger partial charge in [-0.15, -0.1) is 0 Å². The number of aromatic amines is 1. The number of fused-ring (bicyclic) bond motifs is 3. The number of nitrogens with one attached hydrogen (secondary N) is 1. The second kappa shape index (κ2) is 5.77. The summed E-state index contributed by atoms with van der Waals surface area (Å²) in [4.78, 5) is 16.7. The molecule has 1 N–H and O–H groups in total. The summed E-state index contributed by atoms with van der Waals surface area (Å²) < 4.78 is 0. The second-order valence-corrected chi connectivity index (χ2v) is 6.61. The number of aromatic nitrogens is 3. The van der Waals surface area contributed by atoms with Crippen molar-refractivity contribution in [2.45, 2.75) is 18.9 Å². The van der Waals surface area contributed by atoms with Crippen LogP contribution in [0.25, 0.3) is 21.9 Å². The van der Waals surface area contributed by atoms with Crippen molar-refractivity contribution in [3.05, 3.63) is 30.2 Å². The molecule has 0 saturated carbocycles. The molecule has 1 fully saturated rings. The van der Waals surface area contributed by atoms with E-state index in [-0.39, 0.29) is 0 Å². The van der Waals surface area contributed by atoms with E-state index in [4.69, 9.17) is 5.26 Å². The largest absolute Gasteiger partial charge is 0.369 e. The summed E-state index contributed by atoms with van der Waals surface area (Å²) in [7, 11) is 4.29. The highest BCUT2D eigenvalue weighted by Gasteiger charge is 2.24. The summed E-state index contributed by atoms with van der Waals surface area (Å²) in [5.41, 5.74) is 3.40. The van der Waals surface area contributed by atoms with Crippen LogP contribution in [0.5, 0.6) is 0 Å². The number of nitriles is 1. The quantitative estimate of drug-likeness (QED) is 0.785. The van der Waals surface area contributed by atoms with Crippen molar-refractivity contribution in [1.29, 1.82) is 5.26 Å². The molecule has 122 valence electrons. The Hall–Kier alpha value is -2.65. The van der Waals surface area contributed by atoms with Crippen molar-refractivity contribution in [1.82, 2.24) is 19.9 Å². The molecule has 0 aliphatic carbocycles. The summed E-state index contributed by atoms with van der Waals surface area (Å²) in [6.07, 6.45) is 5.98. The number of piperidine rings is 1. The Balaban J connectivity index is 1.87. The number of rotatable bonds is 2. The molecule has 6 nitrogen and oxygen atoms in total. The molecule has 0 radical (unpaired) electrons. The minimum Gasteiger partial charge on any atom is -0.369 e. The van der Waals surface area contributed by atoms with Crippen LogP contribution in [0.4, 0.5) is 5.69 Å². The van der Waals surface area contributed by atoms with Gasteiger partial charge in [0.25, 0.3) is 0 Å². The molecule has 4 heterocycles. The lowest BCUT2D eigenvalue weighted by Gasteiger charge is -2.37. The van der Waals surface area contributed by atoms with Crippen LogP contribution in [-0.4, -0.2) is 53.1 Å². The van der Waals surface area contributed by atoms with Crippen molar-refractivity contribution in [3.8, 4) is 6.07 Å². The van der Waals surface area contributed by atoms with E-state index in [2.05, 4.69) is 51.0 Å². The first-order chi connectivity index (χ1) is 11.7. The zero-order valence-electron chi connectivity index (χ0n) is 14.0. The van der Waals surface area contributed by atoms with E-state index in [9.17, 15) is 0 Å². The average molecular weight is 320 g/mol. The molecule has 1 saturated heterocycles. The Morgan fingerprint density at radius 2 is 2.25 bits per heavy atom. The van der Waals surface area contributed by atoms with Gasteiger partial charge in [0, 0.05) is 36.4 Å². The molecule has 3 aromatic heterocycles. The first-order valence-electron chi connectivity index (χ1n) is 8.25. The maximum absolute atomic E-state index is 9.17. The maximum atomic E-state index is 9.17. The van der Waals surface area contributed by atoms with E-state index >= 15 is 0 Å². The highest BCUT2D eigenvalue weighted by molar-refractivity contribution is 6.12. The molecule has 24 heavy (non-hydrogen) atoms. The normalized spacial score (nSPS) is 18.4. The van der Waals surface area contributed by atoms with Crippen molar-refractivity contribution in [2.24, 2.45) is 0 Å². The Labute approximate surface area is 140 Å². The monoisotopic (exact) mass is 320 g/mol. The summed E-state index contributed by atoms with van der Waals surface area (Å²) in [6.45, 7) is 2.06. The molecule has 1 aliphatic heterocycles. The standard InChI is InChI=1S/C18H20N6/c1-23(2)13-4-3-7-24(11-13)16-5-6-20-18-17(16)14-8-12(9-19)21-10-15(14)22-18/h5-6,8,10,13H,3-4,7,11H2,1-2H3,(H,20,22)/t13-/m1/s1. The molecule has 1 atom stereocenters. The number of pyridine rings is 2. The number of H-pyrrole nitrogens is 1. The van der Waals surface area contributed by atoms with Crippen LogP contribution < -0.4 is 4.90 Å². The van der Waals surface area contributed by atoms with Gasteiger partial charge >= 0.3 is 0 Å².